The number of nitrogens with zero attached hydrogens (tertiary/aromatic N) is 1. The molecule has 0 saturated carbocycles. The van der Waals surface area contributed by atoms with Crippen LogP contribution in [0.5, 0.6) is 0 Å². The minimum atomic E-state index is -3.55. The number of nitrogens with one attached hydrogen (secondary N) is 2. The standard InChI is InChI=1S/C15H23N3O3S.ClH/c1-3-17-22(20,21)14-8-4-6-12(10-14)15(19)18-9-5-7-13(11-18)16-2;/h4,6,8,10,13,16-17H,3,5,7,9,11H2,1-2H3;1H. The molecule has 1 atom stereocenters. The van der Waals surface area contributed by atoms with Gasteiger partial charge in [0, 0.05) is 31.2 Å². The van der Waals surface area contributed by atoms with Crippen LogP contribution in [-0.4, -0.2) is 51.9 Å². The second-order valence-electron chi connectivity index (χ2n) is 5.41. The Morgan fingerprint density at radius 2 is 2.13 bits per heavy atom. The Kier molecular flexibility index (Phi) is 7.47. The Morgan fingerprint density at radius 3 is 2.78 bits per heavy atom. The Labute approximate surface area is 144 Å². The number of piperidine rings is 1. The molecule has 1 aromatic rings. The predicted molar refractivity (Wildman–Crippen MR) is 92.5 cm³/mol. The molecule has 1 heterocycles. The summed E-state index contributed by atoms with van der Waals surface area (Å²) in [4.78, 5) is 14.5. The highest BCUT2D eigenvalue weighted by molar-refractivity contribution is 7.89. The molecule has 2 rings (SSSR count). The minimum absolute atomic E-state index is 0. The third kappa shape index (κ3) is 4.91. The van der Waals surface area contributed by atoms with Crippen LogP contribution in [0.1, 0.15) is 30.1 Å². The molecule has 0 bridgehead atoms. The predicted octanol–water partition coefficient (Wildman–Crippen LogP) is 1.23. The summed E-state index contributed by atoms with van der Waals surface area (Å²) < 4.78 is 26.5. The van der Waals surface area contributed by atoms with Gasteiger partial charge in [-0.1, -0.05) is 13.0 Å². The number of amides is 1. The lowest BCUT2D eigenvalue weighted by Gasteiger charge is -2.32. The van der Waals surface area contributed by atoms with Gasteiger partial charge < -0.3 is 10.2 Å². The maximum absolute atomic E-state index is 12.6. The molecule has 1 saturated heterocycles. The number of hydrogen-bond donors (Lipinski definition) is 2. The molecule has 130 valence electrons. The Balaban J connectivity index is 0.00000264. The first kappa shape index (κ1) is 19.9. The van der Waals surface area contributed by atoms with Crippen molar-refractivity contribution in [3.05, 3.63) is 29.8 Å². The molecule has 0 radical (unpaired) electrons. The van der Waals surface area contributed by atoms with Crippen LogP contribution in [0.15, 0.2) is 29.2 Å². The van der Waals surface area contributed by atoms with Gasteiger partial charge >= 0.3 is 0 Å². The van der Waals surface area contributed by atoms with E-state index < -0.39 is 10.0 Å². The first-order chi connectivity index (χ1) is 10.5. The first-order valence-corrected chi connectivity index (χ1v) is 9.02. The lowest BCUT2D eigenvalue weighted by molar-refractivity contribution is 0.0698. The molecule has 1 fully saturated rings. The second-order valence-corrected chi connectivity index (χ2v) is 7.18. The van der Waals surface area contributed by atoms with Crippen LogP contribution in [0.2, 0.25) is 0 Å². The van der Waals surface area contributed by atoms with E-state index in [1.54, 1.807) is 24.0 Å². The van der Waals surface area contributed by atoms with Crippen LogP contribution in [0.25, 0.3) is 0 Å². The number of likely N-dealkylation sites (N-methyl/N-ethyl adjacent to an activating group) is 1. The molecule has 8 heteroatoms. The van der Waals surface area contributed by atoms with E-state index in [9.17, 15) is 13.2 Å². The number of carbonyl (C=O) groups is 1. The summed E-state index contributed by atoms with van der Waals surface area (Å²) in [5, 5.41) is 3.19. The molecule has 0 aliphatic carbocycles. The van der Waals surface area contributed by atoms with Gasteiger partial charge in [0.25, 0.3) is 5.91 Å². The molecule has 0 spiro atoms. The topological polar surface area (TPSA) is 78.5 Å². The van der Waals surface area contributed by atoms with Crippen molar-refractivity contribution in [1.82, 2.24) is 14.9 Å². The zero-order chi connectivity index (χ0) is 16.2. The molecule has 1 aliphatic rings. The molecule has 23 heavy (non-hydrogen) atoms. The molecule has 1 aromatic carbocycles. The van der Waals surface area contributed by atoms with E-state index in [0.29, 0.717) is 31.2 Å². The fourth-order valence-corrected chi connectivity index (χ4v) is 3.74. The zero-order valence-electron chi connectivity index (χ0n) is 13.4. The fraction of sp³-hybridized carbons (Fsp3) is 0.533. The number of carbonyl (C=O) groups excluding carboxylic acids is 1. The lowest BCUT2D eigenvalue weighted by Crippen LogP contribution is -2.47. The van der Waals surface area contributed by atoms with Crippen molar-refractivity contribution < 1.29 is 13.2 Å². The van der Waals surface area contributed by atoms with E-state index in [4.69, 9.17) is 0 Å². The average molecular weight is 362 g/mol. The fourth-order valence-electron chi connectivity index (χ4n) is 2.65. The summed E-state index contributed by atoms with van der Waals surface area (Å²) in [5.41, 5.74) is 0.413. The van der Waals surface area contributed by atoms with E-state index in [1.165, 1.54) is 12.1 Å². The number of likely N-dealkylation sites (tertiary alicyclic amines) is 1. The van der Waals surface area contributed by atoms with Gasteiger partial charge in [-0.15, -0.1) is 12.4 Å². The second kappa shape index (κ2) is 8.63. The number of benzene rings is 1. The Bertz CT molecular complexity index is 637. The molecule has 0 aromatic heterocycles. The van der Waals surface area contributed by atoms with Gasteiger partial charge in [-0.25, -0.2) is 13.1 Å². The summed E-state index contributed by atoms with van der Waals surface area (Å²) in [6.45, 7) is 3.40. The van der Waals surface area contributed by atoms with Crippen LogP contribution < -0.4 is 10.0 Å². The van der Waals surface area contributed by atoms with Gasteiger partial charge in [0.15, 0.2) is 0 Å². The van der Waals surface area contributed by atoms with E-state index in [2.05, 4.69) is 10.0 Å². The van der Waals surface area contributed by atoms with Crippen molar-refractivity contribution in [3.63, 3.8) is 0 Å². The smallest absolute Gasteiger partial charge is 0.253 e. The van der Waals surface area contributed by atoms with Crippen molar-refractivity contribution in [2.45, 2.75) is 30.7 Å². The summed E-state index contributed by atoms with van der Waals surface area (Å²) in [7, 11) is -1.65. The largest absolute Gasteiger partial charge is 0.337 e. The number of halogens is 1. The highest BCUT2D eigenvalue weighted by Gasteiger charge is 2.24. The van der Waals surface area contributed by atoms with Crippen LogP contribution >= 0.6 is 12.4 Å². The monoisotopic (exact) mass is 361 g/mol. The minimum Gasteiger partial charge on any atom is -0.337 e. The van der Waals surface area contributed by atoms with Gasteiger partial charge in [0.05, 0.1) is 4.90 Å². The van der Waals surface area contributed by atoms with Crippen molar-refractivity contribution in [3.8, 4) is 0 Å². The molecular weight excluding hydrogens is 338 g/mol. The highest BCUT2D eigenvalue weighted by Crippen LogP contribution is 2.16. The van der Waals surface area contributed by atoms with E-state index in [-0.39, 0.29) is 23.2 Å². The highest BCUT2D eigenvalue weighted by atomic mass is 35.5. The summed E-state index contributed by atoms with van der Waals surface area (Å²) in [6.07, 6.45) is 2.00. The normalized spacial score (nSPS) is 18.3. The maximum Gasteiger partial charge on any atom is 0.253 e. The number of rotatable bonds is 5. The molecule has 1 aliphatic heterocycles. The SMILES string of the molecule is CCNS(=O)(=O)c1cccc(C(=O)N2CCCC(NC)C2)c1.Cl. The Hall–Kier alpha value is -1.15. The van der Waals surface area contributed by atoms with Crippen molar-refractivity contribution in [2.24, 2.45) is 0 Å². The quantitative estimate of drug-likeness (QED) is 0.826. The van der Waals surface area contributed by atoms with Crippen LogP contribution in [0, 0.1) is 0 Å². The zero-order valence-corrected chi connectivity index (χ0v) is 15.0. The Morgan fingerprint density at radius 1 is 1.39 bits per heavy atom. The third-order valence-electron chi connectivity index (χ3n) is 3.84. The van der Waals surface area contributed by atoms with E-state index in [1.807, 2.05) is 7.05 Å². The van der Waals surface area contributed by atoms with Crippen molar-refractivity contribution >= 4 is 28.3 Å². The molecule has 1 unspecified atom stereocenters. The van der Waals surface area contributed by atoms with Crippen LogP contribution in [0.3, 0.4) is 0 Å². The molecule has 2 N–H and O–H groups in total. The van der Waals surface area contributed by atoms with Gasteiger partial charge in [-0.3, -0.25) is 4.79 Å². The lowest BCUT2D eigenvalue weighted by atomic mass is 10.0. The summed E-state index contributed by atoms with van der Waals surface area (Å²) in [5.74, 6) is -0.117. The molecule has 1 amide bonds. The van der Waals surface area contributed by atoms with Crippen molar-refractivity contribution in [1.29, 1.82) is 0 Å². The average Bonchev–Trinajstić information content (AvgIpc) is 2.54. The maximum atomic E-state index is 12.6. The summed E-state index contributed by atoms with van der Waals surface area (Å²) >= 11 is 0. The van der Waals surface area contributed by atoms with E-state index >= 15 is 0 Å². The number of sulfonamides is 1. The molecule has 6 nitrogen and oxygen atoms in total. The number of hydrogen-bond acceptors (Lipinski definition) is 4. The van der Waals surface area contributed by atoms with Gasteiger partial charge in [0.2, 0.25) is 10.0 Å². The third-order valence-corrected chi connectivity index (χ3v) is 5.39. The van der Waals surface area contributed by atoms with Crippen LogP contribution in [0.4, 0.5) is 0 Å². The first-order valence-electron chi connectivity index (χ1n) is 7.54. The van der Waals surface area contributed by atoms with Gasteiger partial charge in [0.1, 0.15) is 0 Å². The molecular formula is C15H24ClN3O3S. The van der Waals surface area contributed by atoms with E-state index in [0.717, 1.165) is 12.8 Å². The summed E-state index contributed by atoms with van der Waals surface area (Å²) in [6, 6.07) is 6.52. The van der Waals surface area contributed by atoms with Crippen LogP contribution in [-0.2, 0) is 10.0 Å². The van der Waals surface area contributed by atoms with Gasteiger partial charge in [-0.05, 0) is 38.1 Å². The van der Waals surface area contributed by atoms with Crippen molar-refractivity contribution in [2.75, 3.05) is 26.7 Å². The van der Waals surface area contributed by atoms with Gasteiger partial charge in [-0.2, -0.15) is 0 Å².